The molecule has 0 fully saturated rings. The molecule has 2 aromatic rings. The molecule has 0 aliphatic heterocycles. The zero-order valence-electron chi connectivity index (χ0n) is 9.34. The van der Waals surface area contributed by atoms with Gasteiger partial charge in [0.2, 0.25) is 0 Å². The third-order valence-corrected chi connectivity index (χ3v) is 3.13. The highest BCUT2D eigenvalue weighted by Crippen LogP contribution is 2.08. The van der Waals surface area contributed by atoms with E-state index in [9.17, 15) is 0 Å². The Balaban J connectivity index is 1.77. The number of aromatic nitrogens is 2. The molecule has 0 saturated carbocycles. The van der Waals surface area contributed by atoms with E-state index >= 15 is 0 Å². The lowest BCUT2D eigenvalue weighted by molar-refractivity contribution is 0.305. The molecule has 0 saturated heterocycles. The molecule has 86 valence electrons. The van der Waals surface area contributed by atoms with Crippen molar-refractivity contribution >= 4 is 17.0 Å². The van der Waals surface area contributed by atoms with Crippen LogP contribution in [0.25, 0.3) is 0 Å². The highest BCUT2D eigenvalue weighted by atomic mass is 32.1. The molecular weight excluding hydrogens is 220 g/mol. The van der Waals surface area contributed by atoms with E-state index in [0.29, 0.717) is 0 Å². The van der Waals surface area contributed by atoms with Gasteiger partial charge in [-0.2, -0.15) is 16.4 Å². The monoisotopic (exact) mass is 236 g/mol. The van der Waals surface area contributed by atoms with Crippen LogP contribution in [0, 0.1) is 0 Å². The van der Waals surface area contributed by atoms with Gasteiger partial charge >= 0.3 is 0 Å². The van der Waals surface area contributed by atoms with Crippen LogP contribution in [0.4, 0.5) is 5.69 Å². The van der Waals surface area contributed by atoms with Gasteiger partial charge < -0.3 is 10.6 Å². The van der Waals surface area contributed by atoms with Crippen molar-refractivity contribution in [3.8, 4) is 0 Å². The standard InChI is InChI=1S/C11H16N4S/c1-14(7-10-2-5-16-9-10)3-4-15-8-11(12)6-13-15/h2,5-6,8-9H,3-4,7,12H2,1H3. The van der Waals surface area contributed by atoms with Crippen LogP contribution in [0.1, 0.15) is 5.56 Å². The van der Waals surface area contributed by atoms with E-state index in [1.165, 1.54) is 5.56 Å². The van der Waals surface area contributed by atoms with Crippen LogP contribution in [0.2, 0.25) is 0 Å². The summed E-state index contributed by atoms with van der Waals surface area (Å²) in [4.78, 5) is 2.28. The molecule has 0 aliphatic carbocycles. The molecule has 0 unspecified atom stereocenters. The number of nitrogens with zero attached hydrogens (tertiary/aromatic N) is 3. The fourth-order valence-corrected chi connectivity index (χ4v) is 2.21. The number of hydrogen-bond donors (Lipinski definition) is 1. The SMILES string of the molecule is CN(CCn1cc(N)cn1)Cc1ccsc1. The number of nitrogen functional groups attached to an aromatic ring is 1. The lowest BCUT2D eigenvalue weighted by atomic mass is 10.3. The predicted octanol–water partition coefficient (Wildman–Crippen LogP) is 1.66. The number of thiophene rings is 1. The van der Waals surface area contributed by atoms with Gasteiger partial charge in [0, 0.05) is 19.3 Å². The maximum absolute atomic E-state index is 5.60. The van der Waals surface area contributed by atoms with Crippen molar-refractivity contribution in [1.82, 2.24) is 14.7 Å². The van der Waals surface area contributed by atoms with Crippen molar-refractivity contribution in [3.05, 3.63) is 34.8 Å². The first-order chi connectivity index (χ1) is 7.74. The van der Waals surface area contributed by atoms with Crippen molar-refractivity contribution in [2.24, 2.45) is 0 Å². The second-order valence-electron chi connectivity index (χ2n) is 3.91. The van der Waals surface area contributed by atoms with Crippen molar-refractivity contribution < 1.29 is 0 Å². The summed E-state index contributed by atoms with van der Waals surface area (Å²) in [7, 11) is 2.12. The molecule has 2 N–H and O–H groups in total. The zero-order chi connectivity index (χ0) is 11.4. The van der Waals surface area contributed by atoms with Crippen molar-refractivity contribution in [2.45, 2.75) is 13.1 Å². The Morgan fingerprint density at radius 1 is 1.56 bits per heavy atom. The van der Waals surface area contributed by atoms with E-state index in [-0.39, 0.29) is 0 Å². The predicted molar refractivity (Wildman–Crippen MR) is 67.3 cm³/mol. The largest absolute Gasteiger partial charge is 0.396 e. The minimum absolute atomic E-state index is 0.723. The van der Waals surface area contributed by atoms with E-state index < -0.39 is 0 Å². The van der Waals surface area contributed by atoms with Gasteiger partial charge in [0.25, 0.3) is 0 Å². The van der Waals surface area contributed by atoms with Crippen LogP contribution in [0.5, 0.6) is 0 Å². The van der Waals surface area contributed by atoms with Crippen LogP contribution in [-0.4, -0.2) is 28.3 Å². The van der Waals surface area contributed by atoms with Crippen molar-refractivity contribution in [3.63, 3.8) is 0 Å². The van der Waals surface area contributed by atoms with Crippen LogP contribution in [-0.2, 0) is 13.1 Å². The Kier molecular flexibility index (Phi) is 3.58. The summed E-state index contributed by atoms with van der Waals surface area (Å²) in [5, 5.41) is 8.44. The quantitative estimate of drug-likeness (QED) is 0.859. The number of likely N-dealkylation sites (N-methyl/N-ethyl adjacent to an activating group) is 1. The summed E-state index contributed by atoms with van der Waals surface area (Å²) in [5.74, 6) is 0. The smallest absolute Gasteiger partial charge is 0.0719 e. The molecule has 0 bridgehead atoms. The van der Waals surface area contributed by atoms with Gasteiger partial charge in [0.1, 0.15) is 0 Å². The Morgan fingerprint density at radius 2 is 2.44 bits per heavy atom. The molecule has 16 heavy (non-hydrogen) atoms. The minimum atomic E-state index is 0.723. The van der Waals surface area contributed by atoms with E-state index in [1.54, 1.807) is 17.5 Å². The van der Waals surface area contributed by atoms with Crippen LogP contribution >= 0.6 is 11.3 Å². The Hall–Kier alpha value is -1.33. The zero-order valence-corrected chi connectivity index (χ0v) is 10.2. The van der Waals surface area contributed by atoms with E-state index in [4.69, 9.17) is 5.73 Å². The molecule has 0 atom stereocenters. The molecule has 0 spiro atoms. The summed E-state index contributed by atoms with van der Waals surface area (Å²) < 4.78 is 1.87. The second-order valence-corrected chi connectivity index (χ2v) is 4.69. The molecule has 0 aromatic carbocycles. The van der Waals surface area contributed by atoms with E-state index in [1.807, 2.05) is 10.9 Å². The van der Waals surface area contributed by atoms with Gasteiger partial charge in [-0.3, -0.25) is 4.68 Å². The highest BCUT2D eigenvalue weighted by Gasteiger charge is 2.01. The summed E-state index contributed by atoms with van der Waals surface area (Å²) in [6.45, 7) is 2.83. The molecule has 2 aromatic heterocycles. The van der Waals surface area contributed by atoms with Gasteiger partial charge in [0.05, 0.1) is 18.4 Å². The first kappa shape index (κ1) is 11.2. The first-order valence-electron chi connectivity index (χ1n) is 5.21. The lowest BCUT2D eigenvalue weighted by Gasteiger charge is -2.15. The number of rotatable bonds is 5. The average molecular weight is 236 g/mol. The molecule has 2 heterocycles. The highest BCUT2D eigenvalue weighted by molar-refractivity contribution is 7.07. The molecule has 5 heteroatoms. The fraction of sp³-hybridized carbons (Fsp3) is 0.364. The Morgan fingerprint density at radius 3 is 3.06 bits per heavy atom. The molecular formula is C11H16N4S. The fourth-order valence-electron chi connectivity index (χ4n) is 1.55. The summed E-state index contributed by atoms with van der Waals surface area (Å²) >= 11 is 1.74. The van der Waals surface area contributed by atoms with Gasteiger partial charge in [-0.15, -0.1) is 0 Å². The maximum Gasteiger partial charge on any atom is 0.0719 e. The van der Waals surface area contributed by atoms with E-state index in [2.05, 4.69) is 33.9 Å². The van der Waals surface area contributed by atoms with Crippen LogP contribution in [0.3, 0.4) is 0 Å². The van der Waals surface area contributed by atoms with Gasteiger partial charge in [0.15, 0.2) is 0 Å². The van der Waals surface area contributed by atoms with Crippen molar-refractivity contribution in [1.29, 1.82) is 0 Å². The lowest BCUT2D eigenvalue weighted by Crippen LogP contribution is -2.22. The Labute approximate surface area is 99.3 Å². The number of hydrogen-bond acceptors (Lipinski definition) is 4. The van der Waals surface area contributed by atoms with Gasteiger partial charge in [-0.05, 0) is 29.4 Å². The molecule has 4 nitrogen and oxygen atoms in total. The molecule has 0 radical (unpaired) electrons. The minimum Gasteiger partial charge on any atom is -0.396 e. The molecule has 0 aliphatic rings. The van der Waals surface area contributed by atoms with Crippen LogP contribution in [0.15, 0.2) is 29.2 Å². The number of anilines is 1. The Bertz CT molecular complexity index is 421. The molecule has 0 amide bonds. The number of nitrogens with two attached hydrogens (primary N) is 1. The molecule has 2 rings (SSSR count). The average Bonchev–Trinajstić information content (AvgIpc) is 2.87. The first-order valence-corrected chi connectivity index (χ1v) is 6.16. The normalized spacial score (nSPS) is 11.1. The topological polar surface area (TPSA) is 47.1 Å². The maximum atomic E-state index is 5.60. The summed E-state index contributed by atoms with van der Waals surface area (Å²) in [6, 6.07) is 2.16. The van der Waals surface area contributed by atoms with Gasteiger partial charge in [-0.1, -0.05) is 0 Å². The summed E-state index contributed by atoms with van der Waals surface area (Å²) in [6.07, 6.45) is 3.54. The third kappa shape index (κ3) is 3.08. The van der Waals surface area contributed by atoms with Crippen LogP contribution < -0.4 is 5.73 Å². The van der Waals surface area contributed by atoms with Gasteiger partial charge in [-0.25, -0.2) is 0 Å². The third-order valence-electron chi connectivity index (χ3n) is 2.40. The van der Waals surface area contributed by atoms with Crippen molar-refractivity contribution in [2.75, 3.05) is 19.3 Å². The summed E-state index contributed by atoms with van der Waals surface area (Å²) in [5.41, 5.74) is 7.69. The second kappa shape index (κ2) is 5.14. The van der Waals surface area contributed by atoms with E-state index in [0.717, 1.165) is 25.3 Å².